The van der Waals surface area contributed by atoms with Gasteiger partial charge in [0.15, 0.2) is 6.10 Å². The minimum absolute atomic E-state index is 0.0820. The fourth-order valence-electron chi connectivity index (χ4n) is 3.57. The van der Waals surface area contributed by atoms with Crippen molar-refractivity contribution in [2.24, 2.45) is 5.92 Å². The van der Waals surface area contributed by atoms with Crippen molar-refractivity contribution in [3.8, 4) is 0 Å². The number of carbonyl (C=O) groups is 3. The van der Waals surface area contributed by atoms with Crippen molar-refractivity contribution in [2.75, 3.05) is 11.9 Å². The molecular formula is C24H28N2O4. The number of benzene rings is 2. The topological polar surface area (TPSA) is 75.7 Å². The Kier molecular flexibility index (Phi) is 6.87. The number of anilines is 1. The number of amides is 2. The van der Waals surface area contributed by atoms with Crippen LogP contribution in [0.2, 0.25) is 0 Å². The first-order chi connectivity index (χ1) is 14.4. The molecule has 2 amide bonds. The molecule has 2 aromatic carbocycles. The van der Waals surface area contributed by atoms with Crippen molar-refractivity contribution in [1.82, 2.24) is 4.90 Å². The maximum absolute atomic E-state index is 12.6. The van der Waals surface area contributed by atoms with Gasteiger partial charge in [-0.25, -0.2) is 0 Å². The molecule has 2 aromatic rings. The lowest BCUT2D eigenvalue weighted by Crippen LogP contribution is -2.33. The molecule has 0 aliphatic carbocycles. The maximum atomic E-state index is 12.6. The van der Waals surface area contributed by atoms with E-state index in [4.69, 9.17) is 4.74 Å². The normalized spacial score (nSPS) is 18.0. The summed E-state index contributed by atoms with van der Waals surface area (Å²) in [6.07, 6.45) is 0.0736. The van der Waals surface area contributed by atoms with Crippen LogP contribution in [0.4, 0.5) is 5.69 Å². The second-order valence-corrected chi connectivity index (χ2v) is 7.65. The van der Waals surface area contributed by atoms with Crippen LogP contribution >= 0.6 is 0 Å². The number of aryl methyl sites for hydroxylation is 1. The highest BCUT2D eigenvalue weighted by Gasteiger charge is 2.38. The molecule has 0 saturated carbocycles. The third-order valence-corrected chi connectivity index (χ3v) is 5.53. The Balaban J connectivity index is 1.54. The molecule has 0 aromatic heterocycles. The number of rotatable bonds is 7. The van der Waals surface area contributed by atoms with Crippen LogP contribution < -0.4 is 5.32 Å². The molecule has 0 spiro atoms. The van der Waals surface area contributed by atoms with Crippen LogP contribution in [0.5, 0.6) is 0 Å². The van der Waals surface area contributed by atoms with Crippen molar-refractivity contribution in [3.63, 3.8) is 0 Å². The molecule has 3 atom stereocenters. The summed E-state index contributed by atoms with van der Waals surface area (Å²) in [5, 5.41) is 2.75. The van der Waals surface area contributed by atoms with Crippen LogP contribution in [0.15, 0.2) is 54.6 Å². The van der Waals surface area contributed by atoms with Gasteiger partial charge >= 0.3 is 5.97 Å². The van der Waals surface area contributed by atoms with E-state index in [0.717, 1.165) is 12.0 Å². The van der Waals surface area contributed by atoms with E-state index in [1.165, 1.54) is 12.5 Å². The van der Waals surface area contributed by atoms with Crippen molar-refractivity contribution in [2.45, 2.75) is 45.8 Å². The van der Waals surface area contributed by atoms with Gasteiger partial charge in [0.05, 0.1) is 12.0 Å². The monoisotopic (exact) mass is 408 g/mol. The molecule has 0 radical (unpaired) electrons. The van der Waals surface area contributed by atoms with Crippen molar-refractivity contribution in [1.29, 1.82) is 0 Å². The molecular weight excluding hydrogens is 380 g/mol. The van der Waals surface area contributed by atoms with Gasteiger partial charge in [-0.15, -0.1) is 0 Å². The predicted molar refractivity (Wildman–Crippen MR) is 115 cm³/mol. The zero-order valence-electron chi connectivity index (χ0n) is 17.6. The SMILES string of the molecule is CCc1ccc(NC(=O)[C@@H](C)OC(=O)[C@H]2CC(=O)N([C@@H](C)c3ccccc3)C2)cc1. The number of hydrogen-bond acceptors (Lipinski definition) is 4. The number of nitrogens with one attached hydrogen (secondary N) is 1. The number of likely N-dealkylation sites (tertiary alicyclic amines) is 1. The molecule has 6 heteroatoms. The largest absolute Gasteiger partial charge is 0.452 e. The Morgan fingerprint density at radius 1 is 1.10 bits per heavy atom. The number of esters is 1. The van der Waals surface area contributed by atoms with Gasteiger partial charge in [0, 0.05) is 18.7 Å². The Morgan fingerprint density at radius 2 is 1.77 bits per heavy atom. The van der Waals surface area contributed by atoms with Gasteiger partial charge in [0.25, 0.3) is 5.91 Å². The first-order valence-corrected chi connectivity index (χ1v) is 10.3. The summed E-state index contributed by atoms with van der Waals surface area (Å²) >= 11 is 0. The molecule has 1 saturated heterocycles. The van der Waals surface area contributed by atoms with Gasteiger partial charge in [-0.2, -0.15) is 0 Å². The fourth-order valence-corrected chi connectivity index (χ4v) is 3.57. The summed E-state index contributed by atoms with van der Waals surface area (Å²) in [4.78, 5) is 39.1. The van der Waals surface area contributed by atoms with E-state index >= 15 is 0 Å². The van der Waals surface area contributed by atoms with Crippen molar-refractivity contribution >= 4 is 23.5 Å². The van der Waals surface area contributed by atoms with Gasteiger partial charge in [-0.1, -0.05) is 49.4 Å². The Morgan fingerprint density at radius 3 is 2.40 bits per heavy atom. The molecule has 1 aliphatic heterocycles. The van der Waals surface area contributed by atoms with E-state index in [9.17, 15) is 14.4 Å². The number of hydrogen-bond donors (Lipinski definition) is 1. The minimum Gasteiger partial charge on any atom is -0.452 e. The lowest BCUT2D eigenvalue weighted by Gasteiger charge is -2.25. The molecule has 1 aliphatic rings. The Labute approximate surface area is 177 Å². The molecule has 1 heterocycles. The van der Waals surface area contributed by atoms with Crippen molar-refractivity contribution < 1.29 is 19.1 Å². The Hall–Kier alpha value is -3.15. The van der Waals surface area contributed by atoms with Crippen LogP contribution in [-0.2, 0) is 25.5 Å². The number of nitrogens with zero attached hydrogens (tertiary/aromatic N) is 1. The third kappa shape index (κ3) is 5.06. The molecule has 0 unspecified atom stereocenters. The average molecular weight is 408 g/mol. The summed E-state index contributed by atoms with van der Waals surface area (Å²) in [6.45, 7) is 5.83. The highest BCUT2D eigenvalue weighted by atomic mass is 16.5. The fraction of sp³-hybridized carbons (Fsp3) is 0.375. The van der Waals surface area contributed by atoms with Gasteiger partial charge in [0.2, 0.25) is 5.91 Å². The quantitative estimate of drug-likeness (QED) is 0.709. The summed E-state index contributed by atoms with van der Waals surface area (Å²) in [6, 6.07) is 17.1. The van der Waals surface area contributed by atoms with E-state index in [-0.39, 0.29) is 18.4 Å². The van der Waals surface area contributed by atoms with Gasteiger partial charge in [-0.05, 0) is 43.5 Å². The second-order valence-electron chi connectivity index (χ2n) is 7.65. The van der Waals surface area contributed by atoms with Crippen LogP contribution in [0.25, 0.3) is 0 Å². The highest BCUT2D eigenvalue weighted by molar-refractivity contribution is 5.95. The first-order valence-electron chi connectivity index (χ1n) is 10.3. The van der Waals surface area contributed by atoms with E-state index in [1.807, 2.05) is 61.5 Å². The second kappa shape index (κ2) is 9.57. The third-order valence-electron chi connectivity index (χ3n) is 5.53. The van der Waals surface area contributed by atoms with Crippen LogP contribution in [-0.4, -0.2) is 35.3 Å². The molecule has 6 nitrogen and oxygen atoms in total. The van der Waals surface area contributed by atoms with Gasteiger partial charge in [-0.3, -0.25) is 14.4 Å². The predicted octanol–water partition coefficient (Wildman–Crippen LogP) is 3.73. The maximum Gasteiger partial charge on any atom is 0.312 e. The first kappa shape index (κ1) is 21.6. The minimum atomic E-state index is -0.945. The molecule has 158 valence electrons. The van der Waals surface area contributed by atoms with Crippen LogP contribution in [0, 0.1) is 5.92 Å². The van der Waals surface area contributed by atoms with Crippen LogP contribution in [0.1, 0.15) is 44.4 Å². The summed E-state index contributed by atoms with van der Waals surface area (Å²) < 4.78 is 5.37. The lowest BCUT2D eigenvalue weighted by atomic mass is 10.1. The van der Waals surface area contributed by atoms with E-state index < -0.39 is 23.9 Å². The van der Waals surface area contributed by atoms with Crippen molar-refractivity contribution in [3.05, 3.63) is 65.7 Å². The molecule has 30 heavy (non-hydrogen) atoms. The van der Waals surface area contributed by atoms with Crippen LogP contribution in [0.3, 0.4) is 0 Å². The highest BCUT2D eigenvalue weighted by Crippen LogP contribution is 2.29. The standard InChI is InChI=1S/C24H28N2O4/c1-4-18-10-12-21(13-11-18)25-23(28)17(3)30-24(29)20-14-22(27)26(15-20)16(2)19-8-6-5-7-9-19/h5-13,16-17,20H,4,14-15H2,1-3H3,(H,25,28)/t16-,17+,20-/m0/s1. The number of carbonyl (C=O) groups excluding carboxylic acids is 3. The van der Waals surface area contributed by atoms with E-state index in [1.54, 1.807) is 4.90 Å². The molecule has 3 rings (SSSR count). The lowest BCUT2D eigenvalue weighted by molar-refractivity contribution is -0.157. The van der Waals surface area contributed by atoms with E-state index in [2.05, 4.69) is 12.2 Å². The van der Waals surface area contributed by atoms with E-state index in [0.29, 0.717) is 12.2 Å². The zero-order valence-corrected chi connectivity index (χ0v) is 17.6. The molecule has 0 bridgehead atoms. The smallest absolute Gasteiger partial charge is 0.312 e. The van der Waals surface area contributed by atoms with Gasteiger partial charge in [0.1, 0.15) is 0 Å². The summed E-state index contributed by atoms with van der Waals surface area (Å²) in [7, 11) is 0. The van der Waals surface area contributed by atoms with Gasteiger partial charge < -0.3 is 15.0 Å². The average Bonchev–Trinajstić information content (AvgIpc) is 3.16. The summed E-state index contributed by atoms with van der Waals surface area (Å²) in [5.41, 5.74) is 2.84. The number of ether oxygens (including phenoxy) is 1. The Bertz CT molecular complexity index is 895. The molecule has 1 N–H and O–H groups in total. The molecule has 1 fully saturated rings. The zero-order chi connectivity index (χ0) is 21.7. The summed E-state index contributed by atoms with van der Waals surface area (Å²) in [5.74, 6) is -1.56.